The third-order valence-corrected chi connectivity index (χ3v) is 5.18. The predicted molar refractivity (Wildman–Crippen MR) is 91.2 cm³/mol. The normalized spacial score (nSPS) is 25.4. The second-order valence-corrected chi connectivity index (χ2v) is 6.80. The van der Waals surface area contributed by atoms with Crippen LogP contribution in [0.4, 0.5) is 0 Å². The van der Waals surface area contributed by atoms with E-state index in [4.69, 9.17) is 4.74 Å². The van der Waals surface area contributed by atoms with Crippen LogP contribution >= 0.6 is 0 Å². The Morgan fingerprint density at radius 3 is 2.92 bits per heavy atom. The molecule has 122 valence electrons. The smallest absolute Gasteiger partial charge is 0.0852 e. The molecule has 2 aliphatic rings. The first-order valence-electron chi connectivity index (χ1n) is 8.54. The molecule has 1 aromatic carbocycles. The Morgan fingerprint density at radius 2 is 2.12 bits per heavy atom. The molecule has 1 aromatic heterocycles. The van der Waals surface area contributed by atoms with E-state index in [1.54, 1.807) is 0 Å². The number of nitriles is 1. The topological polar surface area (TPSA) is 57.9 Å². The summed E-state index contributed by atoms with van der Waals surface area (Å²) < 4.78 is 5.50. The van der Waals surface area contributed by atoms with Crippen molar-refractivity contribution in [1.29, 1.82) is 5.26 Å². The molecule has 0 amide bonds. The van der Waals surface area contributed by atoms with Crippen LogP contribution < -0.4 is 5.32 Å². The standard InChI is InChI=1S/C20H21N3O/c21-14-20(17-4-2-1-3-5-17)9-18(10-20)22-11-15-8-16-13-24-7-6-19(16)23-12-15/h1-5,8,12,18,22H,6-7,9-11,13H2. The van der Waals surface area contributed by atoms with Gasteiger partial charge in [0.2, 0.25) is 0 Å². The van der Waals surface area contributed by atoms with Crippen molar-refractivity contribution in [3.8, 4) is 6.07 Å². The fourth-order valence-corrected chi connectivity index (χ4v) is 3.72. The summed E-state index contributed by atoms with van der Waals surface area (Å²) in [5.74, 6) is 0. The number of nitrogens with one attached hydrogen (secondary N) is 1. The van der Waals surface area contributed by atoms with Gasteiger partial charge in [-0.15, -0.1) is 0 Å². The second-order valence-electron chi connectivity index (χ2n) is 6.80. The average molecular weight is 319 g/mol. The number of nitrogens with zero attached hydrogens (tertiary/aromatic N) is 2. The zero-order chi connectivity index (χ0) is 16.4. The van der Waals surface area contributed by atoms with E-state index in [-0.39, 0.29) is 5.41 Å². The van der Waals surface area contributed by atoms with Crippen LogP contribution in [0.25, 0.3) is 0 Å². The first kappa shape index (κ1) is 15.3. The SMILES string of the molecule is N#CC1(c2ccccc2)CC(NCc2cnc3c(c2)COCC3)C1. The van der Waals surface area contributed by atoms with Crippen LogP contribution in [0.2, 0.25) is 0 Å². The largest absolute Gasteiger partial charge is 0.376 e. The molecule has 1 N–H and O–H groups in total. The minimum atomic E-state index is -0.319. The van der Waals surface area contributed by atoms with Gasteiger partial charge in [0.05, 0.1) is 24.7 Å². The quantitative estimate of drug-likeness (QED) is 0.941. The van der Waals surface area contributed by atoms with Crippen LogP contribution in [-0.4, -0.2) is 17.6 Å². The average Bonchev–Trinajstić information content (AvgIpc) is 2.62. The van der Waals surface area contributed by atoms with Crippen LogP contribution in [0.3, 0.4) is 0 Å². The Morgan fingerprint density at radius 1 is 1.29 bits per heavy atom. The van der Waals surface area contributed by atoms with Crippen molar-refractivity contribution in [1.82, 2.24) is 10.3 Å². The highest BCUT2D eigenvalue weighted by atomic mass is 16.5. The van der Waals surface area contributed by atoms with Crippen molar-refractivity contribution >= 4 is 0 Å². The van der Waals surface area contributed by atoms with Crippen molar-refractivity contribution in [2.75, 3.05) is 6.61 Å². The first-order valence-corrected chi connectivity index (χ1v) is 8.54. The van der Waals surface area contributed by atoms with E-state index < -0.39 is 0 Å². The summed E-state index contributed by atoms with van der Waals surface area (Å²) in [6, 6.07) is 15.3. The van der Waals surface area contributed by atoms with Gasteiger partial charge in [-0.2, -0.15) is 5.26 Å². The highest BCUT2D eigenvalue weighted by Crippen LogP contribution is 2.43. The minimum absolute atomic E-state index is 0.319. The fraction of sp³-hybridized carbons (Fsp3) is 0.400. The number of hydrogen-bond acceptors (Lipinski definition) is 4. The number of hydrogen-bond donors (Lipinski definition) is 1. The van der Waals surface area contributed by atoms with Gasteiger partial charge in [-0.05, 0) is 35.6 Å². The molecule has 4 nitrogen and oxygen atoms in total. The highest BCUT2D eigenvalue weighted by molar-refractivity contribution is 5.37. The van der Waals surface area contributed by atoms with Crippen molar-refractivity contribution in [3.63, 3.8) is 0 Å². The van der Waals surface area contributed by atoms with Gasteiger partial charge in [0.15, 0.2) is 0 Å². The van der Waals surface area contributed by atoms with Gasteiger partial charge < -0.3 is 10.1 Å². The van der Waals surface area contributed by atoms with Crippen molar-refractivity contribution < 1.29 is 4.74 Å². The Labute approximate surface area is 142 Å². The van der Waals surface area contributed by atoms with Crippen LogP contribution in [-0.2, 0) is 29.7 Å². The fourth-order valence-electron chi connectivity index (χ4n) is 3.72. The summed E-state index contributed by atoms with van der Waals surface area (Å²) in [5.41, 5.74) is 4.39. The van der Waals surface area contributed by atoms with Crippen molar-refractivity contribution in [2.24, 2.45) is 0 Å². The molecule has 1 saturated carbocycles. The lowest BCUT2D eigenvalue weighted by Gasteiger charge is -2.43. The lowest BCUT2D eigenvalue weighted by molar-refractivity contribution is 0.109. The Hall–Kier alpha value is -2.22. The minimum Gasteiger partial charge on any atom is -0.376 e. The Balaban J connectivity index is 1.36. The van der Waals surface area contributed by atoms with Gasteiger partial charge in [-0.3, -0.25) is 4.98 Å². The molecule has 0 spiro atoms. The van der Waals surface area contributed by atoms with Gasteiger partial charge in [0, 0.05) is 30.9 Å². The van der Waals surface area contributed by atoms with E-state index in [0.29, 0.717) is 12.6 Å². The summed E-state index contributed by atoms with van der Waals surface area (Å²) in [6.07, 6.45) is 4.61. The molecule has 2 aromatic rings. The lowest BCUT2D eigenvalue weighted by Crippen LogP contribution is -2.50. The molecule has 4 rings (SSSR count). The molecular formula is C20H21N3O. The van der Waals surface area contributed by atoms with Crippen molar-refractivity contribution in [3.05, 3.63) is 65.0 Å². The van der Waals surface area contributed by atoms with Crippen LogP contribution in [0.5, 0.6) is 0 Å². The third kappa shape index (κ3) is 2.82. The molecule has 2 heterocycles. The predicted octanol–water partition coefficient (Wildman–Crippen LogP) is 2.87. The Kier molecular flexibility index (Phi) is 4.05. The van der Waals surface area contributed by atoms with Gasteiger partial charge >= 0.3 is 0 Å². The summed E-state index contributed by atoms with van der Waals surface area (Å²) in [7, 11) is 0. The maximum absolute atomic E-state index is 9.62. The number of ether oxygens (including phenoxy) is 1. The molecule has 1 aliphatic heterocycles. The van der Waals surface area contributed by atoms with E-state index in [1.807, 2.05) is 24.4 Å². The molecule has 0 unspecified atom stereocenters. The first-order chi connectivity index (χ1) is 11.8. The van der Waals surface area contributed by atoms with Gasteiger partial charge in [-0.25, -0.2) is 0 Å². The van der Waals surface area contributed by atoms with E-state index in [1.165, 1.54) is 16.8 Å². The molecule has 24 heavy (non-hydrogen) atoms. The number of fused-ring (bicyclic) bond motifs is 1. The monoisotopic (exact) mass is 319 g/mol. The molecule has 1 aliphatic carbocycles. The van der Waals surface area contributed by atoms with Gasteiger partial charge in [0.1, 0.15) is 0 Å². The molecule has 0 saturated heterocycles. The number of rotatable bonds is 4. The molecule has 1 fully saturated rings. The third-order valence-electron chi connectivity index (χ3n) is 5.18. The lowest BCUT2D eigenvalue weighted by atomic mass is 9.62. The van der Waals surface area contributed by atoms with Crippen LogP contribution in [0.1, 0.15) is 35.2 Å². The van der Waals surface area contributed by atoms with E-state index in [9.17, 15) is 5.26 Å². The zero-order valence-corrected chi connectivity index (χ0v) is 13.7. The molecule has 0 bridgehead atoms. The molecular weight excluding hydrogens is 298 g/mol. The van der Waals surface area contributed by atoms with Gasteiger partial charge in [-0.1, -0.05) is 30.3 Å². The number of aromatic nitrogens is 1. The van der Waals surface area contributed by atoms with E-state index >= 15 is 0 Å². The Bertz CT molecular complexity index is 760. The molecule has 4 heteroatoms. The van der Waals surface area contributed by atoms with Crippen molar-refractivity contribution in [2.45, 2.75) is 43.9 Å². The summed E-state index contributed by atoms with van der Waals surface area (Å²) in [4.78, 5) is 4.56. The highest BCUT2D eigenvalue weighted by Gasteiger charge is 2.45. The number of pyridine rings is 1. The second kappa shape index (κ2) is 6.35. The maximum Gasteiger partial charge on any atom is 0.0852 e. The van der Waals surface area contributed by atoms with Gasteiger partial charge in [0.25, 0.3) is 0 Å². The van der Waals surface area contributed by atoms with E-state index in [2.05, 4.69) is 34.6 Å². The summed E-state index contributed by atoms with van der Waals surface area (Å²) >= 11 is 0. The number of benzene rings is 1. The summed E-state index contributed by atoms with van der Waals surface area (Å²) in [5, 5.41) is 13.2. The zero-order valence-electron chi connectivity index (χ0n) is 13.7. The van der Waals surface area contributed by atoms with Crippen LogP contribution in [0, 0.1) is 11.3 Å². The maximum atomic E-state index is 9.62. The molecule has 0 radical (unpaired) electrons. The van der Waals surface area contributed by atoms with E-state index in [0.717, 1.165) is 38.0 Å². The van der Waals surface area contributed by atoms with Crippen LogP contribution in [0.15, 0.2) is 42.6 Å². The molecule has 0 atom stereocenters. The summed E-state index contributed by atoms with van der Waals surface area (Å²) in [6.45, 7) is 2.24.